The zero-order valence-electron chi connectivity index (χ0n) is 16.1. The van der Waals surface area contributed by atoms with Crippen molar-refractivity contribution in [1.82, 2.24) is 4.98 Å². The molecule has 1 aromatic carbocycles. The van der Waals surface area contributed by atoms with E-state index in [0.29, 0.717) is 10.6 Å². The molecule has 0 unspecified atom stereocenters. The standard InChI is InChI=1S/C20H21N3O4S2/c1-26-13-3-4-15-16(11-13)29-20(21-15)23-8-5-12(6-9-23)17(24)22-18-14(7-10-28-18)19(25)27-2/h3-4,7,10-12H,5-6,8-9H2,1-2H3,(H,22,24). The van der Waals surface area contributed by atoms with E-state index in [1.807, 2.05) is 18.2 Å². The molecule has 7 nitrogen and oxygen atoms in total. The van der Waals surface area contributed by atoms with E-state index < -0.39 is 5.97 Å². The Bertz CT molecular complexity index is 1040. The maximum Gasteiger partial charge on any atom is 0.340 e. The molecule has 1 aliphatic rings. The van der Waals surface area contributed by atoms with E-state index in [1.54, 1.807) is 29.9 Å². The van der Waals surface area contributed by atoms with Crippen LogP contribution >= 0.6 is 22.7 Å². The minimum absolute atomic E-state index is 0.0497. The second-order valence-corrected chi connectivity index (χ2v) is 8.66. The summed E-state index contributed by atoms with van der Waals surface area (Å²) in [6.45, 7) is 1.53. The first-order valence-corrected chi connectivity index (χ1v) is 10.9. The maximum absolute atomic E-state index is 12.7. The van der Waals surface area contributed by atoms with Crippen LogP contribution < -0.4 is 15.0 Å². The van der Waals surface area contributed by atoms with Gasteiger partial charge in [-0.3, -0.25) is 4.79 Å². The van der Waals surface area contributed by atoms with Gasteiger partial charge in [0.1, 0.15) is 10.8 Å². The summed E-state index contributed by atoms with van der Waals surface area (Å²) in [5.74, 6) is 0.242. The highest BCUT2D eigenvalue weighted by Gasteiger charge is 2.27. The number of amides is 1. The SMILES string of the molecule is COC(=O)c1ccsc1NC(=O)C1CCN(c2nc3ccc(OC)cc3s2)CC1. The molecule has 9 heteroatoms. The summed E-state index contributed by atoms with van der Waals surface area (Å²) in [5.41, 5.74) is 1.35. The summed E-state index contributed by atoms with van der Waals surface area (Å²) in [6.07, 6.45) is 1.48. The Kier molecular flexibility index (Phi) is 5.68. The normalized spacial score (nSPS) is 14.8. The van der Waals surface area contributed by atoms with Gasteiger partial charge in [-0.25, -0.2) is 9.78 Å². The fourth-order valence-electron chi connectivity index (χ4n) is 3.38. The number of methoxy groups -OCH3 is 2. The lowest BCUT2D eigenvalue weighted by molar-refractivity contribution is -0.120. The van der Waals surface area contributed by atoms with Crippen LogP contribution in [-0.4, -0.2) is 44.2 Å². The molecule has 4 rings (SSSR count). The molecule has 0 radical (unpaired) electrons. The highest BCUT2D eigenvalue weighted by molar-refractivity contribution is 7.22. The Morgan fingerprint density at radius 3 is 2.72 bits per heavy atom. The molecule has 152 valence electrons. The fraction of sp³-hybridized carbons (Fsp3) is 0.350. The van der Waals surface area contributed by atoms with E-state index in [-0.39, 0.29) is 11.8 Å². The van der Waals surface area contributed by atoms with Crippen LogP contribution in [0.2, 0.25) is 0 Å². The summed E-state index contributed by atoms with van der Waals surface area (Å²) in [4.78, 5) is 31.4. The summed E-state index contributed by atoms with van der Waals surface area (Å²) in [6, 6.07) is 7.54. The molecule has 1 aliphatic heterocycles. The van der Waals surface area contributed by atoms with Crippen molar-refractivity contribution in [3.05, 3.63) is 35.2 Å². The molecule has 0 saturated carbocycles. The molecule has 0 bridgehead atoms. The predicted octanol–water partition coefficient (Wildman–Crippen LogP) is 4.01. The van der Waals surface area contributed by atoms with Gasteiger partial charge in [0.2, 0.25) is 5.91 Å². The van der Waals surface area contributed by atoms with Crippen molar-refractivity contribution in [3.8, 4) is 5.75 Å². The summed E-state index contributed by atoms with van der Waals surface area (Å²) in [7, 11) is 2.99. The third-order valence-corrected chi connectivity index (χ3v) is 6.94. The maximum atomic E-state index is 12.7. The Morgan fingerprint density at radius 2 is 2.00 bits per heavy atom. The number of rotatable bonds is 5. The molecular weight excluding hydrogens is 410 g/mol. The van der Waals surface area contributed by atoms with Gasteiger partial charge in [-0.15, -0.1) is 11.3 Å². The lowest BCUT2D eigenvalue weighted by Gasteiger charge is -2.30. The van der Waals surface area contributed by atoms with Gasteiger partial charge in [0, 0.05) is 19.0 Å². The van der Waals surface area contributed by atoms with Gasteiger partial charge in [-0.2, -0.15) is 0 Å². The second-order valence-electron chi connectivity index (χ2n) is 6.74. The molecule has 3 aromatic rings. The van der Waals surface area contributed by atoms with Crippen LogP contribution in [0.1, 0.15) is 23.2 Å². The minimum Gasteiger partial charge on any atom is -0.497 e. The largest absolute Gasteiger partial charge is 0.497 e. The molecule has 1 saturated heterocycles. The monoisotopic (exact) mass is 431 g/mol. The van der Waals surface area contributed by atoms with E-state index in [0.717, 1.165) is 47.0 Å². The number of thiophene rings is 1. The summed E-state index contributed by atoms with van der Waals surface area (Å²) >= 11 is 2.97. The van der Waals surface area contributed by atoms with E-state index in [2.05, 4.69) is 10.2 Å². The lowest BCUT2D eigenvalue weighted by Crippen LogP contribution is -2.38. The van der Waals surface area contributed by atoms with Gasteiger partial charge in [0.15, 0.2) is 5.13 Å². The number of piperidine rings is 1. The number of thiazole rings is 1. The van der Waals surface area contributed by atoms with Crippen molar-refractivity contribution < 1.29 is 19.1 Å². The van der Waals surface area contributed by atoms with Crippen molar-refractivity contribution in [3.63, 3.8) is 0 Å². The van der Waals surface area contributed by atoms with Crippen LogP contribution in [0.3, 0.4) is 0 Å². The van der Waals surface area contributed by atoms with Crippen LogP contribution in [-0.2, 0) is 9.53 Å². The van der Waals surface area contributed by atoms with E-state index >= 15 is 0 Å². The Morgan fingerprint density at radius 1 is 1.21 bits per heavy atom. The molecule has 29 heavy (non-hydrogen) atoms. The average Bonchev–Trinajstić information content (AvgIpc) is 3.39. The van der Waals surface area contributed by atoms with Gasteiger partial charge in [0.25, 0.3) is 0 Å². The number of ether oxygens (including phenoxy) is 2. The number of esters is 1. The van der Waals surface area contributed by atoms with Crippen molar-refractivity contribution in [2.24, 2.45) is 5.92 Å². The predicted molar refractivity (Wildman–Crippen MR) is 115 cm³/mol. The topological polar surface area (TPSA) is 80.8 Å². The quantitative estimate of drug-likeness (QED) is 0.615. The zero-order chi connectivity index (χ0) is 20.4. The Hall–Kier alpha value is -2.65. The fourth-order valence-corrected chi connectivity index (χ4v) is 5.20. The summed E-state index contributed by atoms with van der Waals surface area (Å²) < 4.78 is 11.1. The molecule has 3 heterocycles. The van der Waals surface area contributed by atoms with Crippen LogP contribution in [0, 0.1) is 5.92 Å². The van der Waals surface area contributed by atoms with Crippen LogP contribution in [0.5, 0.6) is 5.75 Å². The van der Waals surface area contributed by atoms with Gasteiger partial charge >= 0.3 is 5.97 Å². The first kappa shape index (κ1) is 19.7. The minimum atomic E-state index is -0.441. The molecule has 0 atom stereocenters. The molecule has 1 fully saturated rings. The molecule has 0 spiro atoms. The van der Waals surface area contributed by atoms with Crippen molar-refractivity contribution in [2.75, 3.05) is 37.5 Å². The van der Waals surface area contributed by atoms with Crippen LogP contribution in [0.4, 0.5) is 10.1 Å². The number of fused-ring (bicyclic) bond motifs is 1. The number of anilines is 2. The first-order chi connectivity index (χ1) is 14.1. The molecule has 1 N–H and O–H groups in total. The number of aromatic nitrogens is 1. The number of benzene rings is 1. The smallest absolute Gasteiger partial charge is 0.340 e. The van der Waals surface area contributed by atoms with E-state index in [4.69, 9.17) is 14.5 Å². The number of carbonyl (C=O) groups is 2. The third-order valence-electron chi connectivity index (χ3n) is 5.03. The highest BCUT2D eigenvalue weighted by atomic mass is 32.1. The Labute approximate surface area is 176 Å². The number of hydrogen-bond acceptors (Lipinski definition) is 8. The molecule has 0 aliphatic carbocycles. The molecular formula is C20H21N3O4S2. The van der Waals surface area contributed by atoms with E-state index in [1.165, 1.54) is 18.4 Å². The first-order valence-electron chi connectivity index (χ1n) is 9.25. The molecule has 2 aromatic heterocycles. The van der Waals surface area contributed by atoms with Gasteiger partial charge in [0.05, 0.1) is 30.0 Å². The van der Waals surface area contributed by atoms with Crippen molar-refractivity contribution in [2.45, 2.75) is 12.8 Å². The average molecular weight is 432 g/mol. The summed E-state index contributed by atoms with van der Waals surface area (Å²) in [5, 5.41) is 6.18. The van der Waals surface area contributed by atoms with Gasteiger partial charge in [-0.05, 0) is 42.5 Å². The zero-order valence-corrected chi connectivity index (χ0v) is 17.8. The number of nitrogens with zero attached hydrogens (tertiary/aromatic N) is 2. The Balaban J connectivity index is 1.38. The third kappa shape index (κ3) is 4.06. The number of carbonyl (C=O) groups excluding carboxylic acids is 2. The van der Waals surface area contributed by atoms with Gasteiger partial charge < -0.3 is 19.7 Å². The second kappa shape index (κ2) is 8.38. The van der Waals surface area contributed by atoms with Gasteiger partial charge in [-0.1, -0.05) is 11.3 Å². The molecule has 1 amide bonds. The number of nitrogens with one attached hydrogen (secondary N) is 1. The highest BCUT2D eigenvalue weighted by Crippen LogP contribution is 2.34. The van der Waals surface area contributed by atoms with Crippen molar-refractivity contribution >= 4 is 54.9 Å². The van der Waals surface area contributed by atoms with E-state index in [9.17, 15) is 9.59 Å². The van der Waals surface area contributed by atoms with Crippen LogP contribution in [0.15, 0.2) is 29.6 Å². The van der Waals surface area contributed by atoms with Crippen LogP contribution in [0.25, 0.3) is 10.2 Å². The van der Waals surface area contributed by atoms with Crippen molar-refractivity contribution in [1.29, 1.82) is 0 Å². The lowest BCUT2D eigenvalue weighted by atomic mass is 9.96. The number of hydrogen-bond donors (Lipinski definition) is 1.